The average Bonchev–Trinajstić information content (AvgIpc) is 3.52. The highest BCUT2D eigenvalue weighted by Gasteiger charge is 2.58. The number of ether oxygens (including phenoxy) is 4. The molecule has 3 aromatic rings. The lowest BCUT2D eigenvalue weighted by molar-refractivity contribution is -0.0167. The molecule has 0 aliphatic carbocycles. The van der Waals surface area contributed by atoms with Crippen LogP contribution < -0.4 is 14.0 Å². The third kappa shape index (κ3) is 7.57. The quantitative estimate of drug-likeness (QED) is 0.0892. The molecule has 8 atom stereocenters. The van der Waals surface area contributed by atoms with Crippen LogP contribution in [0.3, 0.4) is 0 Å². The number of esters is 1. The van der Waals surface area contributed by atoms with Gasteiger partial charge in [0.15, 0.2) is 28.6 Å². The van der Waals surface area contributed by atoms with Crippen LogP contribution in [0.25, 0.3) is 0 Å². The van der Waals surface area contributed by atoms with Crippen molar-refractivity contribution in [3.63, 3.8) is 0 Å². The van der Waals surface area contributed by atoms with Crippen LogP contribution in [0.5, 0.6) is 23.0 Å². The molecule has 6 rings (SSSR count). The molecule has 18 nitrogen and oxygen atoms in total. The molecule has 0 bridgehead atoms. The molecule has 0 saturated carbocycles. The summed E-state index contributed by atoms with van der Waals surface area (Å²) in [6, 6.07) is 3.02. The highest BCUT2D eigenvalue weighted by Crippen LogP contribution is 2.69. The van der Waals surface area contributed by atoms with Gasteiger partial charge in [0.1, 0.15) is 16.1 Å². The Labute approximate surface area is 344 Å². The van der Waals surface area contributed by atoms with Crippen LogP contribution >= 0.6 is 93.1 Å². The van der Waals surface area contributed by atoms with Crippen LogP contribution in [0.1, 0.15) is 51.3 Å². The number of phosphoric ester groups is 2. The molecule has 0 radical (unpaired) electrons. The number of carboxylic acids is 1. The van der Waals surface area contributed by atoms with Crippen molar-refractivity contribution in [1.82, 2.24) is 0 Å². The van der Waals surface area contributed by atoms with E-state index in [1.807, 2.05) is 0 Å². The van der Waals surface area contributed by atoms with Crippen molar-refractivity contribution in [3.8, 4) is 23.0 Å². The van der Waals surface area contributed by atoms with E-state index < -0.39 is 115 Å². The lowest BCUT2D eigenvalue weighted by Gasteiger charge is -2.38. The first-order valence-electron chi connectivity index (χ1n) is 15.2. The minimum absolute atomic E-state index is 0.165. The van der Waals surface area contributed by atoms with Gasteiger partial charge in [-0.2, -0.15) is 8.62 Å². The van der Waals surface area contributed by atoms with E-state index in [0.717, 1.165) is 12.1 Å². The maximum atomic E-state index is 13.6. The molecule has 3 aliphatic heterocycles. The van der Waals surface area contributed by atoms with Gasteiger partial charge in [-0.05, 0) is 25.1 Å². The number of benzene rings is 3. The Balaban J connectivity index is 1.40. The van der Waals surface area contributed by atoms with Crippen LogP contribution in [0.2, 0.25) is 30.1 Å². The Morgan fingerprint density at radius 1 is 0.839 bits per heavy atom. The zero-order valence-electron chi connectivity index (χ0n) is 27.9. The van der Waals surface area contributed by atoms with Crippen molar-refractivity contribution in [2.75, 3.05) is 13.7 Å². The van der Waals surface area contributed by atoms with Crippen molar-refractivity contribution in [3.05, 3.63) is 76.2 Å². The summed E-state index contributed by atoms with van der Waals surface area (Å²) in [4.78, 5) is 56.5. The van der Waals surface area contributed by atoms with Crippen LogP contribution in [0.4, 0.5) is 0 Å². The first kappa shape index (κ1) is 43.7. The molecule has 27 heteroatoms. The fourth-order valence-corrected chi connectivity index (χ4v) is 11.7. The predicted molar refractivity (Wildman–Crippen MR) is 196 cm³/mol. The Bertz CT molecular complexity index is 2360. The monoisotopic (exact) mass is 962 g/mol. The number of halogens is 6. The topological polar surface area (TPSA) is 260 Å². The van der Waals surface area contributed by atoms with Gasteiger partial charge in [-0.3, -0.25) is 9.42 Å². The minimum atomic E-state index is -6.05. The van der Waals surface area contributed by atoms with Gasteiger partial charge in [0.05, 0.1) is 68.3 Å². The summed E-state index contributed by atoms with van der Waals surface area (Å²) in [5.41, 5.74) is -4.23. The fraction of sp³-hybridized carbons (Fsp3) is 0.310. The molecule has 5 N–H and O–H groups in total. The Morgan fingerprint density at radius 2 is 1.39 bits per heavy atom. The van der Waals surface area contributed by atoms with E-state index in [4.69, 9.17) is 93.1 Å². The zero-order chi connectivity index (χ0) is 41.6. The smallest absolute Gasteiger partial charge is 0.493 e. The summed E-state index contributed by atoms with van der Waals surface area (Å²) in [7, 11) is -16.4. The third-order valence-electron chi connectivity index (χ3n) is 8.75. The number of methoxy groups -OCH3 is 1. The van der Waals surface area contributed by atoms with Gasteiger partial charge in [0, 0.05) is 11.5 Å². The molecule has 1 spiro atoms. The number of hydrogen-bond donors (Lipinski definition) is 5. The van der Waals surface area contributed by atoms with Gasteiger partial charge in [0.25, 0.3) is 0 Å². The number of carbonyl (C=O) groups is 2. The molecule has 5 unspecified atom stereocenters. The SMILES string of the molecule is COc1c(Cl)cc2c(c1Cl)Oc1c(cc(Cl)c(OP(=O)(O)OP(=O)(O)OP(=O)(O)OC[C@H]3O[C@@H](C)[C@@H](C)C3O)c1Cl)C21OC(=O)c2c(Cl)cc(C(=O)O)c(Cl)c21. The molecule has 3 aromatic carbocycles. The van der Waals surface area contributed by atoms with Gasteiger partial charge in [-0.25, -0.2) is 23.3 Å². The second-order valence-electron chi connectivity index (χ2n) is 12.1. The van der Waals surface area contributed by atoms with Crippen LogP contribution in [0.15, 0.2) is 18.2 Å². The standard InChI is InChI=1S/C29H23Cl6O18P3/c1-8-9(2)48-16(22(8)36)7-47-54(40,41)52-56(44,45)53-55(42,43)51-26-15(32)6-12-24(21(26)35)49-23-11(5-14(31)25(46-3)20(23)34)29(12)18-17(28(39)50-29)13(30)4-10(19(18)33)27(37)38/h4-6,8-9,16,22,36H,7H2,1-3H3,(H,37,38)(H,40,41)(H,42,43)(H,44,45)/t8-,9+,16-,22?,29?/m1/s1. The predicted octanol–water partition coefficient (Wildman–Crippen LogP) is 8.40. The number of hydrogen-bond acceptors (Lipinski definition) is 14. The molecule has 1 fully saturated rings. The lowest BCUT2D eigenvalue weighted by atomic mass is 9.77. The molecule has 3 aliphatic rings. The Kier molecular flexibility index (Phi) is 11.9. The normalized spacial score (nSPS) is 25.6. The summed E-state index contributed by atoms with van der Waals surface area (Å²) >= 11 is 39.3. The number of phosphoric acid groups is 3. The second kappa shape index (κ2) is 15.3. The molecule has 0 aromatic heterocycles. The Morgan fingerprint density at radius 3 is 1.93 bits per heavy atom. The zero-order valence-corrected chi connectivity index (χ0v) is 35.1. The van der Waals surface area contributed by atoms with Gasteiger partial charge in [-0.1, -0.05) is 76.5 Å². The van der Waals surface area contributed by atoms with Gasteiger partial charge in [0.2, 0.25) is 0 Å². The minimum Gasteiger partial charge on any atom is -0.493 e. The van der Waals surface area contributed by atoms with Crippen LogP contribution in [0, 0.1) is 5.92 Å². The fourth-order valence-electron chi connectivity index (χ4n) is 6.17. The maximum Gasteiger partial charge on any atom is 0.536 e. The number of rotatable bonds is 11. The third-order valence-corrected chi connectivity index (χ3v) is 14.9. The van der Waals surface area contributed by atoms with E-state index in [2.05, 4.69) is 13.1 Å². The van der Waals surface area contributed by atoms with Crippen molar-refractivity contribution in [1.29, 1.82) is 0 Å². The van der Waals surface area contributed by atoms with E-state index in [1.165, 1.54) is 13.2 Å². The number of carboxylic acid groups (broad SMARTS) is 1. The van der Waals surface area contributed by atoms with Crippen molar-refractivity contribution < 1.29 is 84.8 Å². The summed E-state index contributed by atoms with van der Waals surface area (Å²) < 4.78 is 78.8. The maximum absolute atomic E-state index is 13.6. The summed E-state index contributed by atoms with van der Waals surface area (Å²) in [5, 5.41) is 17.1. The van der Waals surface area contributed by atoms with E-state index in [0.29, 0.717) is 0 Å². The summed E-state index contributed by atoms with van der Waals surface area (Å²) in [5.74, 6) is -5.26. The second-order valence-corrected chi connectivity index (χ2v) is 19.0. The van der Waals surface area contributed by atoms with Gasteiger partial charge in [-0.15, -0.1) is 0 Å². The number of aromatic carboxylic acids is 1. The molecule has 56 heavy (non-hydrogen) atoms. The first-order valence-corrected chi connectivity index (χ1v) is 22.0. The van der Waals surface area contributed by atoms with Crippen molar-refractivity contribution in [2.45, 2.75) is 37.8 Å². The number of aliphatic hydroxyl groups is 1. The Hall–Kier alpha value is -1.89. The first-order chi connectivity index (χ1) is 25.9. The molecular formula is C29H23Cl6O18P3. The largest absolute Gasteiger partial charge is 0.536 e. The number of fused-ring (bicyclic) bond motifs is 6. The van der Waals surface area contributed by atoms with E-state index in [9.17, 15) is 48.2 Å². The van der Waals surface area contributed by atoms with Crippen LogP contribution in [-0.4, -0.2) is 68.9 Å². The van der Waals surface area contributed by atoms with E-state index >= 15 is 0 Å². The summed E-state index contributed by atoms with van der Waals surface area (Å²) in [6.07, 6.45) is -2.76. The van der Waals surface area contributed by atoms with E-state index in [1.54, 1.807) is 13.8 Å². The van der Waals surface area contributed by atoms with Gasteiger partial charge >= 0.3 is 35.4 Å². The molecule has 1 saturated heterocycles. The van der Waals surface area contributed by atoms with E-state index in [-0.39, 0.29) is 38.2 Å². The number of aliphatic hydroxyl groups excluding tert-OH is 1. The van der Waals surface area contributed by atoms with Crippen molar-refractivity contribution >= 4 is 105 Å². The molecule has 3 heterocycles. The highest BCUT2D eigenvalue weighted by molar-refractivity contribution is 7.67. The lowest BCUT2D eigenvalue weighted by Crippen LogP contribution is -2.34. The molecule has 0 amide bonds. The number of carbonyl (C=O) groups excluding carboxylic acids is 1. The van der Waals surface area contributed by atoms with Crippen molar-refractivity contribution in [2.24, 2.45) is 5.92 Å². The molecular weight excluding hydrogens is 942 g/mol. The summed E-state index contributed by atoms with van der Waals surface area (Å²) in [6.45, 7) is 2.45. The van der Waals surface area contributed by atoms with Gasteiger partial charge < -0.3 is 43.5 Å². The highest BCUT2D eigenvalue weighted by atomic mass is 35.5. The molecule has 304 valence electrons. The average molecular weight is 965 g/mol. The van der Waals surface area contributed by atoms with Crippen LogP contribution in [-0.2, 0) is 41.9 Å².